The molecule has 3 aromatic rings. The van der Waals surface area contributed by atoms with Gasteiger partial charge in [-0.3, -0.25) is 0 Å². The van der Waals surface area contributed by atoms with Crippen molar-refractivity contribution in [2.75, 3.05) is 0 Å². The number of nitrogens with zero attached hydrogens (tertiary/aromatic N) is 1. The van der Waals surface area contributed by atoms with Gasteiger partial charge in [0.2, 0.25) is 0 Å². The Hall–Kier alpha value is -3.55. The SMILES string of the molecule is O=C1OC(c2ccco2)=NC1=Cc1ccc(-c2cccc(C(F)(F)F)c2)o1. The third-order valence-corrected chi connectivity index (χ3v) is 3.73. The van der Waals surface area contributed by atoms with Crippen LogP contribution in [0, 0.1) is 0 Å². The summed E-state index contributed by atoms with van der Waals surface area (Å²) in [4.78, 5) is 15.9. The van der Waals surface area contributed by atoms with Crippen molar-refractivity contribution in [1.29, 1.82) is 0 Å². The van der Waals surface area contributed by atoms with Crippen molar-refractivity contribution in [2.24, 2.45) is 4.99 Å². The molecule has 0 bridgehead atoms. The van der Waals surface area contributed by atoms with Gasteiger partial charge in [-0.25, -0.2) is 9.79 Å². The highest BCUT2D eigenvalue weighted by atomic mass is 19.4. The van der Waals surface area contributed by atoms with E-state index in [1.165, 1.54) is 36.6 Å². The van der Waals surface area contributed by atoms with E-state index in [1.807, 2.05) is 0 Å². The van der Waals surface area contributed by atoms with Gasteiger partial charge in [0, 0.05) is 11.6 Å². The molecule has 0 amide bonds. The second-order valence-electron chi connectivity index (χ2n) is 5.59. The fourth-order valence-corrected chi connectivity index (χ4v) is 2.48. The summed E-state index contributed by atoms with van der Waals surface area (Å²) in [5.41, 5.74) is -0.516. The van der Waals surface area contributed by atoms with Crippen LogP contribution in [0.4, 0.5) is 13.2 Å². The summed E-state index contributed by atoms with van der Waals surface area (Å²) >= 11 is 0. The van der Waals surface area contributed by atoms with Crippen LogP contribution in [0.1, 0.15) is 17.1 Å². The molecule has 27 heavy (non-hydrogen) atoms. The molecule has 1 aromatic carbocycles. The molecule has 8 heteroatoms. The standard InChI is InChI=1S/C19H10F3NO4/c20-19(21,22)12-4-1-3-11(9-12)15-7-6-13(26-15)10-14-18(24)27-17(23-14)16-5-2-8-25-16/h1-10H. The van der Waals surface area contributed by atoms with E-state index in [-0.39, 0.29) is 28.7 Å². The number of aliphatic imine (C=N–C) groups is 1. The van der Waals surface area contributed by atoms with E-state index in [0.29, 0.717) is 5.76 Å². The largest absolute Gasteiger partial charge is 0.459 e. The fourth-order valence-electron chi connectivity index (χ4n) is 2.48. The summed E-state index contributed by atoms with van der Waals surface area (Å²) in [7, 11) is 0. The van der Waals surface area contributed by atoms with Crippen LogP contribution in [0.3, 0.4) is 0 Å². The number of esters is 1. The number of ether oxygens (including phenoxy) is 1. The van der Waals surface area contributed by atoms with E-state index in [0.717, 1.165) is 12.1 Å². The van der Waals surface area contributed by atoms with Crippen LogP contribution in [0.2, 0.25) is 0 Å². The lowest BCUT2D eigenvalue weighted by Gasteiger charge is -2.07. The number of furan rings is 2. The second-order valence-corrected chi connectivity index (χ2v) is 5.59. The highest BCUT2D eigenvalue weighted by molar-refractivity contribution is 6.11. The van der Waals surface area contributed by atoms with Crippen LogP contribution in [0.5, 0.6) is 0 Å². The topological polar surface area (TPSA) is 64.9 Å². The maximum atomic E-state index is 12.8. The molecule has 136 valence electrons. The van der Waals surface area contributed by atoms with Gasteiger partial charge in [0.05, 0.1) is 11.8 Å². The van der Waals surface area contributed by atoms with E-state index in [1.54, 1.807) is 12.1 Å². The van der Waals surface area contributed by atoms with Crippen molar-refractivity contribution in [2.45, 2.75) is 6.18 Å². The molecule has 0 saturated carbocycles. The molecule has 0 radical (unpaired) electrons. The maximum Gasteiger partial charge on any atom is 0.416 e. The van der Waals surface area contributed by atoms with Crippen molar-refractivity contribution in [3.8, 4) is 11.3 Å². The quantitative estimate of drug-likeness (QED) is 0.484. The van der Waals surface area contributed by atoms with Crippen LogP contribution in [0.15, 0.2) is 74.3 Å². The molecular weight excluding hydrogens is 363 g/mol. The Morgan fingerprint density at radius 2 is 1.85 bits per heavy atom. The van der Waals surface area contributed by atoms with Gasteiger partial charge in [-0.15, -0.1) is 0 Å². The Balaban J connectivity index is 1.62. The third-order valence-electron chi connectivity index (χ3n) is 3.73. The van der Waals surface area contributed by atoms with Gasteiger partial charge in [0.15, 0.2) is 11.5 Å². The molecule has 0 atom stereocenters. The molecule has 4 rings (SSSR count). The predicted octanol–water partition coefficient (Wildman–Crippen LogP) is 4.90. The molecule has 2 aromatic heterocycles. The summed E-state index contributed by atoms with van der Waals surface area (Å²) < 4.78 is 54.2. The van der Waals surface area contributed by atoms with Gasteiger partial charge in [-0.1, -0.05) is 12.1 Å². The van der Waals surface area contributed by atoms with E-state index >= 15 is 0 Å². The molecular formula is C19H10F3NO4. The average molecular weight is 373 g/mol. The average Bonchev–Trinajstić information content (AvgIpc) is 3.37. The fraction of sp³-hybridized carbons (Fsp3) is 0.0526. The lowest BCUT2D eigenvalue weighted by molar-refractivity contribution is -0.137. The summed E-state index contributed by atoms with van der Waals surface area (Å²) in [5, 5.41) is 0. The highest BCUT2D eigenvalue weighted by Gasteiger charge is 2.30. The smallest absolute Gasteiger partial charge is 0.416 e. The van der Waals surface area contributed by atoms with Gasteiger partial charge in [-0.05, 0) is 36.4 Å². The first-order valence-electron chi connectivity index (χ1n) is 7.74. The molecule has 0 saturated heterocycles. The maximum absolute atomic E-state index is 12.8. The van der Waals surface area contributed by atoms with E-state index in [4.69, 9.17) is 13.6 Å². The van der Waals surface area contributed by atoms with E-state index < -0.39 is 17.7 Å². The number of hydrogen-bond donors (Lipinski definition) is 0. The number of cyclic esters (lactones) is 1. The van der Waals surface area contributed by atoms with Crippen LogP contribution in [-0.4, -0.2) is 11.9 Å². The molecule has 0 spiro atoms. The third kappa shape index (κ3) is 3.41. The monoisotopic (exact) mass is 373 g/mol. The first-order chi connectivity index (χ1) is 12.9. The zero-order chi connectivity index (χ0) is 19.0. The first-order valence-corrected chi connectivity index (χ1v) is 7.74. The number of halogens is 3. The number of rotatable bonds is 3. The number of alkyl halides is 3. The van der Waals surface area contributed by atoms with Gasteiger partial charge in [0.25, 0.3) is 5.90 Å². The van der Waals surface area contributed by atoms with Crippen LogP contribution < -0.4 is 0 Å². The number of benzene rings is 1. The van der Waals surface area contributed by atoms with Gasteiger partial charge in [-0.2, -0.15) is 13.2 Å². The molecule has 3 heterocycles. The summed E-state index contributed by atoms with van der Waals surface area (Å²) in [6.45, 7) is 0. The number of carbonyl (C=O) groups excluding carboxylic acids is 1. The molecule has 0 aliphatic carbocycles. The van der Waals surface area contributed by atoms with E-state index in [2.05, 4.69) is 4.99 Å². The van der Waals surface area contributed by atoms with Crippen LogP contribution >= 0.6 is 0 Å². The van der Waals surface area contributed by atoms with Gasteiger partial charge >= 0.3 is 12.1 Å². The Morgan fingerprint density at radius 3 is 2.59 bits per heavy atom. The highest BCUT2D eigenvalue weighted by Crippen LogP contribution is 2.33. The van der Waals surface area contributed by atoms with Crippen LogP contribution in [0.25, 0.3) is 17.4 Å². The summed E-state index contributed by atoms with van der Waals surface area (Å²) in [5.74, 6) is 0.128. The normalized spacial score (nSPS) is 15.9. The zero-order valence-electron chi connectivity index (χ0n) is 13.5. The molecule has 0 unspecified atom stereocenters. The molecule has 1 aliphatic heterocycles. The Bertz CT molecular complexity index is 1060. The van der Waals surface area contributed by atoms with Gasteiger partial charge in [0.1, 0.15) is 11.5 Å². The zero-order valence-corrected chi connectivity index (χ0v) is 13.5. The molecule has 5 nitrogen and oxygen atoms in total. The minimum atomic E-state index is -4.45. The molecule has 0 fully saturated rings. The first kappa shape index (κ1) is 16.9. The minimum absolute atomic E-state index is 0.00802. The number of carbonyl (C=O) groups is 1. The van der Waals surface area contributed by atoms with Crippen molar-refractivity contribution in [1.82, 2.24) is 0 Å². The lowest BCUT2D eigenvalue weighted by Crippen LogP contribution is -2.04. The minimum Gasteiger partial charge on any atom is -0.459 e. The molecule has 0 N–H and O–H groups in total. The van der Waals surface area contributed by atoms with E-state index in [9.17, 15) is 18.0 Å². The number of hydrogen-bond acceptors (Lipinski definition) is 5. The van der Waals surface area contributed by atoms with Gasteiger partial charge < -0.3 is 13.6 Å². The van der Waals surface area contributed by atoms with Crippen LogP contribution in [-0.2, 0) is 15.7 Å². The Labute approximate surface area is 150 Å². The second kappa shape index (κ2) is 6.31. The van der Waals surface area contributed by atoms with Crippen molar-refractivity contribution < 1.29 is 31.5 Å². The predicted molar refractivity (Wildman–Crippen MR) is 88.5 cm³/mol. The lowest BCUT2D eigenvalue weighted by atomic mass is 10.1. The summed E-state index contributed by atoms with van der Waals surface area (Å²) in [6, 6.07) is 11.0. The van der Waals surface area contributed by atoms with Crippen molar-refractivity contribution in [3.05, 3.63) is 77.6 Å². The van der Waals surface area contributed by atoms with Crippen molar-refractivity contribution in [3.63, 3.8) is 0 Å². The summed E-state index contributed by atoms with van der Waals surface area (Å²) in [6.07, 6.45) is -1.69. The molecule has 1 aliphatic rings. The Kier molecular flexibility index (Phi) is 3.95. The van der Waals surface area contributed by atoms with Crippen molar-refractivity contribution >= 4 is 17.9 Å². The Morgan fingerprint density at radius 1 is 1.00 bits per heavy atom.